The van der Waals surface area contributed by atoms with E-state index in [0.29, 0.717) is 12.4 Å². The fourth-order valence-electron chi connectivity index (χ4n) is 2.61. The Bertz CT molecular complexity index is 901. The fourth-order valence-corrected chi connectivity index (χ4v) is 2.61. The lowest BCUT2D eigenvalue weighted by atomic mass is 10.2. The molecule has 0 radical (unpaired) electrons. The van der Waals surface area contributed by atoms with Gasteiger partial charge in [-0.3, -0.25) is 14.3 Å². The number of nitrogens with zero attached hydrogens (tertiary/aromatic N) is 3. The van der Waals surface area contributed by atoms with Crippen LogP contribution in [0.25, 0.3) is 11.0 Å². The van der Waals surface area contributed by atoms with Crippen molar-refractivity contribution in [3.05, 3.63) is 58.6 Å². The zero-order valence-electron chi connectivity index (χ0n) is 14.0. The van der Waals surface area contributed by atoms with Crippen molar-refractivity contribution < 1.29 is 4.74 Å². The van der Waals surface area contributed by atoms with E-state index in [-0.39, 0.29) is 11.6 Å². The van der Waals surface area contributed by atoms with E-state index in [2.05, 4.69) is 15.3 Å². The number of rotatable bonds is 5. The average molecular weight is 324 g/mol. The maximum absolute atomic E-state index is 12.7. The van der Waals surface area contributed by atoms with Crippen LogP contribution in [-0.2, 0) is 6.54 Å². The summed E-state index contributed by atoms with van der Waals surface area (Å²) >= 11 is 0. The first-order valence-corrected chi connectivity index (χ1v) is 7.83. The lowest BCUT2D eigenvalue weighted by Crippen LogP contribution is -2.26. The summed E-state index contributed by atoms with van der Waals surface area (Å²) in [7, 11) is 1.63. The summed E-state index contributed by atoms with van der Waals surface area (Å²) in [5.41, 5.74) is 2.39. The summed E-state index contributed by atoms with van der Waals surface area (Å²) in [5, 5.41) is 3.15. The molecule has 2 aromatic heterocycles. The topological polar surface area (TPSA) is 69.0 Å². The average Bonchev–Trinajstić information content (AvgIpc) is 2.60. The molecule has 0 amide bonds. The lowest BCUT2D eigenvalue weighted by Gasteiger charge is -2.15. The van der Waals surface area contributed by atoms with Crippen LogP contribution in [0, 0.1) is 0 Å². The van der Waals surface area contributed by atoms with Crippen molar-refractivity contribution in [2.45, 2.75) is 26.4 Å². The van der Waals surface area contributed by atoms with E-state index < -0.39 is 0 Å². The maximum Gasteiger partial charge on any atom is 0.294 e. The van der Waals surface area contributed by atoms with Gasteiger partial charge in [-0.05, 0) is 37.6 Å². The molecule has 0 aliphatic heterocycles. The van der Waals surface area contributed by atoms with E-state index in [9.17, 15) is 4.79 Å². The molecule has 3 rings (SSSR count). The van der Waals surface area contributed by atoms with Crippen LogP contribution in [0.3, 0.4) is 0 Å². The first kappa shape index (κ1) is 16.0. The third kappa shape index (κ3) is 3.08. The van der Waals surface area contributed by atoms with Crippen LogP contribution in [0.4, 0.5) is 5.82 Å². The summed E-state index contributed by atoms with van der Waals surface area (Å²) in [6, 6.07) is 9.53. The number of pyridine rings is 1. The molecule has 0 aliphatic rings. The molecule has 124 valence electrons. The predicted molar refractivity (Wildman–Crippen MR) is 94.5 cm³/mol. The fraction of sp³-hybridized carbons (Fsp3) is 0.278. The molecular weight excluding hydrogens is 304 g/mol. The van der Waals surface area contributed by atoms with Gasteiger partial charge in [0.25, 0.3) is 5.56 Å². The van der Waals surface area contributed by atoms with Crippen LogP contribution < -0.4 is 15.6 Å². The molecule has 3 aromatic rings. The number of hydrogen-bond acceptors (Lipinski definition) is 5. The van der Waals surface area contributed by atoms with Gasteiger partial charge in [0.1, 0.15) is 5.75 Å². The molecule has 6 nitrogen and oxygen atoms in total. The van der Waals surface area contributed by atoms with Gasteiger partial charge >= 0.3 is 0 Å². The number of ether oxygens (including phenoxy) is 1. The highest BCUT2D eigenvalue weighted by Gasteiger charge is 2.13. The van der Waals surface area contributed by atoms with Crippen LogP contribution in [0.2, 0.25) is 0 Å². The van der Waals surface area contributed by atoms with Crippen LogP contribution >= 0.6 is 0 Å². The molecule has 0 unspecified atom stereocenters. The zero-order chi connectivity index (χ0) is 17.1. The number of methoxy groups -OCH3 is 1. The summed E-state index contributed by atoms with van der Waals surface area (Å²) in [6.07, 6.45) is 3.36. The van der Waals surface area contributed by atoms with Crippen LogP contribution in [-0.4, -0.2) is 21.6 Å². The minimum Gasteiger partial charge on any atom is -0.497 e. The zero-order valence-corrected chi connectivity index (χ0v) is 14.0. The highest BCUT2D eigenvalue weighted by molar-refractivity contribution is 5.75. The van der Waals surface area contributed by atoms with Crippen molar-refractivity contribution in [2.24, 2.45) is 0 Å². The SMILES string of the molecule is COc1ccc(CNc2nc3ccncc3n(C(C)C)c2=O)cc1. The first-order chi connectivity index (χ1) is 11.6. The first-order valence-electron chi connectivity index (χ1n) is 7.83. The van der Waals surface area contributed by atoms with E-state index >= 15 is 0 Å². The van der Waals surface area contributed by atoms with Crippen LogP contribution in [0.15, 0.2) is 47.5 Å². The van der Waals surface area contributed by atoms with E-state index in [4.69, 9.17) is 4.74 Å². The van der Waals surface area contributed by atoms with Gasteiger partial charge in [0, 0.05) is 18.8 Å². The Kier molecular flexibility index (Phi) is 4.46. The third-order valence-electron chi connectivity index (χ3n) is 3.83. The predicted octanol–water partition coefficient (Wildman–Crippen LogP) is 2.99. The second-order valence-electron chi connectivity index (χ2n) is 5.80. The van der Waals surface area contributed by atoms with Crippen molar-refractivity contribution in [1.82, 2.24) is 14.5 Å². The normalized spacial score (nSPS) is 11.0. The van der Waals surface area contributed by atoms with E-state index in [1.807, 2.05) is 44.2 Å². The Hall–Kier alpha value is -2.89. The van der Waals surface area contributed by atoms with Gasteiger partial charge < -0.3 is 10.1 Å². The quantitative estimate of drug-likeness (QED) is 0.781. The standard InChI is InChI=1S/C18H20N4O2/c1-12(2)22-16-11-19-9-8-15(16)21-17(18(22)23)20-10-13-4-6-14(24-3)7-5-13/h4-9,11-12H,10H2,1-3H3,(H,20,21). The Morgan fingerprint density at radius 2 is 1.96 bits per heavy atom. The number of benzene rings is 1. The summed E-state index contributed by atoms with van der Waals surface area (Å²) in [5.74, 6) is 1.15. The smallest absolute Gasteiger partial charge is 0.294 e. The third-order valence-corrected chi connectivity index (χ3v) is 3.83. The van der Waals surface area contributed by atoms with Crippen molar-refractivity contribution >= 4 is 16.9 Å². The molecule has 0 saturated carbocycles. The molecular formula is C18H20N4O2. The van der Waals surface area contributed by atoms with Crippen molar-refractivity contribution in [1.29, 1.82) is 0 Å². The van der Waals surface area contributed by atoms with Gasteiger partial charge in [0.05, 0.1) is 24.3 Å². The van der Waals surface area contributed by atoms with Gasteiger partial charge in [0.15, 0.2) is 5.82 Å². The summed E-state index contributed by atoms with van der Waals surface area (Å²) < 4.78 is 6.86. The highest BCUT2D eigenvalue weighted by atomic mass is 16.5. The van der Waals surface area contributed by atoms with Gasteiger partial charge in [0.2, 0.25) is 0 Å². The Labute approximate surface area is 140 Å². The van der Waals surface area contributed by atoms with Crippen molar-refractivity contribution in [3.8, 4) is 5.75 Å². The maximum atomic E-state index is 12.7. The second kappa shape index (κ2) is 6.70. The largest absolute Gasteiger partial charge is 0.497 e. The Morgan fingerprint density at radius 1 is 1.21 bits per heavy atom. The molecule has 1 aromatic carbocycles. The molecule has 24 heavy (non-hydrogen) atoms. The molecule has 0 bridgehead atoms. The molecule has 0 atom stereocenters. The molecule has 0 spiro atoms. The molecule has 0 fully saturated rings. The Morgan fingerprint density at radius 3 is 2.62 bits per heavy atom. The monoisotopic (exact) mass is 324 g/mol. The summed E-state index contributed by atoms with van der Waals surface area (Å²) in [6.45, 7) is 4.46. The number of fused-ring (bicyclic) bond motifs is 1. The Balaban J connectivity index is 1.94. The molecule has 0 saturated heterocycles. The lowest BCUT2D eigenvalue weighted by molar-refractivity contribution is 0.414. The van der Waals surface area contributed by atoms with Crippen molar-refractivity contribution in [2.75, 3.05) is 12.4 Å². The van der Waals surface area contributed by atoms with Gasteiger partial charge in [-0.2, -0.15) is 0 Å². The van der Waals surface area contributed by atoms with Crippen LogP contribution in [0.5, 0.6) is 5.75 Å². The molecule has 6 heteroatoms. The number of nitrogens with one attached hydrogen (secondary N) is 1. The van der Waals surface area contributed by atoms with Gasteiger partial charge in [-0.25, -0.2) is 4.98 Å². The second-order valence-corrected chi connectivity index (χ2v) is 5.80. The molecule has 2 heterocycles. The highest BCUT2D eigenvalue weighted by Crippen LogP contribution is 2.16. The van der Waals surface area contributed by atoms with Crippen molar-refractivity contribution in [3.63, 3.8) is 0 Å². The van der Waals surface area contributed by atoms with Crippen LogP contribution in [0.1, 0.15) is 25.5 Å². The number of hydrogen-bond donors (Lipinski definition) is 1. The van der Waals surface area contributed by atoms with E-state index in [1.165, 1.54) is 0 Å². The van der Waals surface area contributed by atoms with E-state index in [0.717, 1.165) is 22.3 Å². The van der Waals surface area contributed by atoms with Gasteiger partial charge in [-0.15, -0.1) is 0 Å². The number of anilines is 1. The molecule has 0 aliphatic carbocycles. The van der Waals surface area contributed by atoms with Gasteiger partial charge in [-0.1, -0.05) is 12.1 Å². The minimum absolute atomic E-state index is 0.0220. The van der Waals surface area contributed by atoms with E-state index in [1.54, 1.807) is 24.1 Å². The summed E-state index contributed by atoms with van der Waals surface area (Å²) in [4.78, 5) is 21.3. The molecule has 1 N–H and O–H groups in total. The number of aromatic nitrogens is 3. The minimum atomic E-state index is -0.140.